The smallest absolute Gasteiger partial charge is 0.226 e. The van der Waals surface area contributed by atoms with Crippen LogP contribution in [0.3, 0.4) is 0 Å². The predicted octanol–water partition coefficient (Wildman–Crippen LogP) is 4.41. The van der Waals surface area contributed by atoms with Gasteiger partial charge >= 0.3 is 0 Å². The topological polar surface area (TPSA) is 56.5 Å². The van der Waals surface area contributed by atoms with Crippen molar-refractivity contribution in [3.05, 3.63) is 64.5 Å². The molecular weight excluding hydrogens is 384 g/mol. The number of nitrogens with zero attached hydrogens (tertiary/aromatic N) is 1. The zero-order valence-corrected chi connectivity index (χ0v) is 15.7. The highest BCUT2D eigenvalue weighted by Crippen LogP contribution is 2.28. The second-order valence-electron chi connectivity index (χ2n) is 5.40. The molecule has 0 atom stereocenters. The fourth-order valence-corrected chi connectivity index (χ4v) is 2.80. The minimum atomic E-state index is 0.585. The molecule has 0 saturated carbocycles. The Morgan fingerprint density at radius 3 is 2.32 bits per heavy atom. The first-order valence-electron chi connectivity index (χ1n) is 7.82. The van der Waals surface area contributed by atoms with Crippen molar-refractivity contribution in [3.63, 3.8) is 0 Å². The molecule has 0 radical (unpaired) electrons. The van der Waals surface area contributed by atoms with Gasteiger partial charge < -0.3 is 19.2 Å². The van der Waals surface area contributed by atoms with Gasteiger partial charge in [-0.15, -0.1) is 0 Å². The number of hydrogen-bond donors (Lipinski definition) is 1. The van der Waals surface area contributed by atoms with Crippen LogP contribution < -0.4 is 14.8 Å². The fourth-order valence-electron chi connectivity index (χ4n) is 2.53. The number of oxazole rings is 1. The molecule has 6 heteroatoms. The van der Waals surface area contributed by atoms with Crippen molar-refractivity contribution >= 4 is 15.9 Å². The van der Waals surface area contributed by atoms with Gasteiger partial charge in [0.2, 0.25) is 5.89 Å². The molecule has 25 heavy (non-hydrogen) atoms. The standard InChI is InChI=1S/C19H19BrN2O3/c1-23-17-4-3-5-18(24-2)16(17)11-21-10-15-12-25-19(22-15)13-6-8-14(20)9-7-13/h3-9,12,21H,10-11H2,1-2H3. The largest absolute Gasteiger partial charge is 0.496 e. The van der Waals surface area contributed by atoms with Crippen LogP contribution in [0.25, 0.3) is 11.5 Å². The Morgan fingerprint density at radius 1 is 1.00 bits per heavy atom. The van der Waals surface area contributed by atoms with E-state index in [0.717, 1.165) is 32.8 Å². The maximum Gasteiger partial charge on any atom is 0.226 e. The van der Waals surface area contributed by atoms with Crippen LogP contribution in [-0.2, 0) is 13.1 Å². The highest BCUT2D eigenvalue weighted by atomic mass is 79.9. The van der Waals surface area contributed by atoms with Gasteiger partial charge in [-0.3, -0.25) is 0 Å². The van der Waals surface area contributed by atoms with Crippen molar-refractivity contribution in [2.45, 2.75) is 13.1 Å². The Morgan fingerprint density at radius 2 is 1.68 bits per heavy atom. The molecule has 0 saturated heterocycles. The summed E-state index contributed by atoms with van der Waals surface area (Å²) in [6.07, 6.45) is 1.67. The number of nitrogens with one attached hydrogen (secondary N) is 1. The Balaban J connectivity index is 1.65. The summed E-state index contributed by atoms with van der Waals surface area (Å²) in [7, 11) is 3.31. The second-order valence-corrected chi connectivity index (χ2v) is 6.31. The Labute approximate surface area is 155 Å². The number of rotatable bonds is 7. The molecule has 3 aromatic rings. The number of halogens is 1. The van der Waals surface area contributed by atoms with E-state index in [1.807, 2.05) is 42.5 Å². The van der Waals surface area contributed by atoms with Crippen LogP contribution in [0, 0.1) is 0 Å². The fraction of sp³-hybridized carbons (Fsp3) is 0.211. The molecule has 0 aliphatic rings. The maximum atomic E-state index is 5.57. The van der Waals surface area contributed by atoms with Gasteiger partial charge in [0, 0.05) is 28.7 Å². The number of aromatic nitrogens is 1. The SMILES string of the molecule is COc1cccc(OC)c1CNCc1coc(-c2ccc(Br)cc2)n1. The van der Waals surface area contributed by atoms with E-state index in [9.17, 15) is 0 Å². The van der Waals surface area contributed by atoms with E-state index in [2.05, 4.69) is 26.2 Å². The van der Waals surface area contributed by atoms with Gasteiger partial charge in [-0.25, -0.2) is 4.98 Å². The van der Waals surface area contributed by atoms with E-state index < -0.39 is 0 Å². The maximum absolute atomic E-state index is 5.57. The lowest BCUT2D eigenvalue weighted by Crippen LogP contribution is -2.14. The second kappa shape index (κ2) is 8.18. The lowest BCUT2D eigenvalue weighted by Gasteiger charge is -2.13. The molecule has 1 heterocycles. The molecule has 0 spiro atoms. The average molecular weight is 403 g/mol. The average Bonchev–Trinajstić information content (AvgIpc) is 3.11. The van der Waals surface area contributed by atoms with E-state index in [1.165, 1.54) is 0 Å². The van der Waals surface area contributed by atoms with Crippen LogP contribution in [0.15, 0.2) is 57.6 Å². The molecule has 1 N–H and O–H groups in total. The van der Waals surface area contributed by atoms with Gasteiger partial charge in [0.25, 0.3) is 0 Å². The molecule has 0 amide bonds. The van der Waals surface area contributed by atoms with Gasteiger partial charge in [0.1, 0.15) is 17.8 Å². The van der Waals surface area contributed by atoms with Crippen molar-refractivity contribution in [2.24, 2.45) is 0 Å². The molecule has 5 nitrogen and oxygen atoms in total. The number of methoxy groups -OCH3 is 2. The summed E-state index contributed by atoms with van der Waals surface area (Å²) < 4.78 is 17.4. The molecular formula is C19H19BrN2O3. The van der Waals surface area contributed by atoms with Gasteiger partial charge in [-0.2, -0.15) is 0 Å². The summed E-state index contributed by atoms with van der Waals surface area (Å²) in [5.41, 5.74) is 2.76. The molecule has 0 aliphatic carbocycles. The normalized spacial score (nSPS) is 10.7. The zero-order valence-electron chi connectivity index (χ0n) is 14.1. The lowest BCUT2D eigenvalue weighted by atomic mass is 10.1. The van der Waals surface area contributed by atoms with Crippen molar-refractivity contribution in [1.82, 2.24) is 10.3 Å². The monoisotopic (exact) mass is 402 g/mol. The summed E-state index contributed by atoms with van der Waals surface area (Å²) in [6, 6.07) is 13.6. The third-order valence-corrected chi connectivity index (χ3v) is 4.31. The molecule has 0 unspecified atom stereocenters. The molecule has 0 aliphatic heterocycles. The van der Waals surface area contributed by atoms with Crippen molar-refractivity contribution in [1.29, 1.82) is 0 Å². The predicted molar refractivity (Wildman–Crippen MR) is 99.7 cm³/mol. The Hall–Kier alpha value is -2.31. The van der Waals surface area contributed by atoms with E-state index in [4.69, 9.17) is 13.9 Å². The minimum absolute atomic E-state index is 0.585. The van der Waals surface area contributed by atoms with Crippen molar-refractivity contribution in [2.75, 3.05) is 14.2 Å². The molecule has 130 valence electrons. The summed E-state index contributed by atoms with van der Waals surface area (Å²) in [6.45, 7) is 1.19. The van der Waals surface area contributed by atoms with Crippen molar-refractivity contribution in [3.8, 4) is 23.0 Å². The summed E-state index contributed by atoms with van der Waals surface area (Å²) >= 11 is 3.42. The van der Waals surface area contributed by atoms with E-state index in [1.54, 1.807) is 20.5 Å². The number of benzene rings is 2. The summed E-state index contributed by atoms with van der Waals surface area (Å²) in [5, 5.41) is 3.35. The lowest BCUT2D eigenvalue weighted by molar-refractivity contribution is 0.382. The molecule has 1 aromatic heterocycles. The van der Waals surface area contributed by atoms with E-state index >= 15 is 0 Å². The van der Waals surface area contributed by atoms with Gasteiger partial charge in [0.05, 0.1) is 19.9 Å². The van der Waals surface area contributed by atoms with Crippen LogP contribution in [0.1, 0.15) is 11.3 Å². The quantitative estimate of drug-likeness (QED) is 0.633. The zero-order chi connectivity index (χ0) is 17.6. The van der Waals surface area contributed by atoms with E-state index in [0.29, 0.717) is 19.0 Å². The Bertz CT molecular complexity index is 809. The van der Waals surface area contributed by atoms with Crippen LogP contribution in [0.4, 0.5) is 0 Å². The first-order chi connectivity index (χ1) is 12.2. The number of hydrogen-bond acceptors (Lipinski definition) is 5. The van der Waals surface area contributed by atoms with E-state index in [-0.39, 0.29) is 0 Å². The first kappa shape index (κ1) is 17.5. The van der Waals surface area contributed by atoms with Crippen molar-refractivity contribution < 1.29 is 13.9 Å². The number of ether oxygens (including phenoxy) is 2. The van der Waals surface area contributed by atoms with Gasteiger partial charge in [0.15, 0.2) is 0 Å². The van der Waals surface area contributed by atoms with Crippen LogP contribution in [-0.4, -0.2) is 19.2 Å². The highest BCUT2D eigenvalue weighted by molar-refractivity contribution is 9.10. The Kier molecular flexibility index (Phi) is 5.73. The first-order valence-corrected chi connectivity index (χ1v) is 8.61. The molecule has 0 fully saturated rings. The third-order valence-electron chi connectivity index (χ3n) is 3.78. The summed E-state index contributed by atoms with van der Waals surface area (Å²) in [5.74, 6) is 2.20. The van der Waals surface area contributed by atoms with Crippen LogP contribution >= 0.6 is 15.9 Å². The third kappa shape index (κ3) is 4.21. The molecule has 0 bridgehead atoms. The van der Waals surface area contributed by atoms with Crippen LogP contribution in [0.5, 0.6) is 11.5 Å². The highest BCUT2D eigenvalue weighted by Gasteiger charge is 2.10. The summed E-state index contributed by atoms with van der Waals surface area (Å²) in [4.78, 5) is 4.52. The van der Waals surface area contributed by atoms with Gasteiger partial charge in [-0.1, -0.05) is 22.0 Å². The molecule has 2 aromatic carbocycles. The van der Waals surface area contributed by atoms with Gasteiger partial charge in [-0.05, 0) is 36.4 Å². The molecule has 3 rings (SSSR count). The van der Waals surface area contributed by atoms with Crippen LogP contribution in [0.2, 0.25) is 0 Å². The minimum Gasteiger partial charge on any atom is -0.496 e.